The van der Waals surface area contributed by atoms with Gasteiger partial charge in [0.2, 0.25) is 0 Å². The molecule has 0 amide bonds. The lowest BCUT2D eigenvalue weighted by atomic mass is 10.2. The van der Waals surface area contributed by atoms with E-state index < -0.39 is 6.10 Å². The fourth-order valence-corrected chi connectivity index (χ4v) is 1.18. The standard InChI is InChI=1S/C13H20O3/c1-4-9-15-12-7-5-6-8-13(12)16-11(3)10(2)14/h5-8,10-11,14H,4,9H2,1-3H3/t10-,11?/m1/s1. The summed E-state index contributed by atoms with van der Waals surface area (Å²) >= 11 is 0. The summed E-state index contributed by atoms with van der Waals surface area (Å²) < 4.78 is 11.2. The Kier molecular flexibility index (Phi) is 5.12. The summed E-state index contributed by atoms with van der Waals surface area (Å²) in [4.78, 5) is 0. The second-order valence-electron chi connectivity index (χ2n) is 3.86. The van der Waals surface area contributed by atoms with Gasteiger partial charge in [-0.3, -0.25) is 0 Å². The average Bonchev–Trinajstić information content (AvgIpc) is 2.27. The first kappa shape index (κ1) is 12.8. The fourth-order valence-electron chi connectivity index (χ4n) is 1.18. The molecule has 0 saturated heterocycles. The average molecular weight is 224 g/mol. The number of ether oxygens (including phenoxy) is 2. The lowest BCUT2D eigenvalue weighted by Crippen LogP contribution is -2.25. The van der Waals surface area contributed by atoms with Crippen molar-refractivity contribution in [1.29, 1.82) is 0 Å². The molecule has 0 bridgehead atoms. The van der Waals surface area contributed by atoms with Crippen LogP contribution in [0.1, 0.15) is 27.2 Å². The molecule has 1 rings (SSSR count). The van der Waals surface area contributed by atoms with Gasteiger partial charge in [-0.05, 0) is 32.4 Å². The Balaban J connectivity index is 2.70. The van der Waals surface area contributed by atoms with Gasteiger partial charge in [-0.15, -0.1) is 0 Å². The minimum Gasteiger partial charge on any atom is -0.490 e. The van der Waals surface area contributed by atoms with Gasteiger partial charge in [-0.2, -0.15) is 0 Å². The van der Waals surface area contributed by atoms with Gasteiger partial charge in [-0.1, -0.05) is 19.1 Å². The summed E-state index contributed by atoms with van der Waals surface area (Å²) in [6.07, 6.45) is 0.214. The molecule has 0 radical (unpaired) electrons. The van der Waals surface area contributed by atoms with Crippen molar-refractivity contribution in [1.82, 2.24) is 0 Å². The minimum atomic E-state index is -0.501. The van der Waals surface area contributed by atoms with E-state index in [1.165, 1.54) is 0 Å². The van der Waals surface area contributed by atoms with Crippen molar-refractivity contribution in [3.63, 3.8) is 0 Å². The molecule has 0 saturated carbocycles. The van der Waals surface area contributed by atoms with Gasteiger partial charge in [0.25, 0.3) is 0 Å². The zero-order valence-corrected chi connectivity index (χ0v) is 10.1. The van der Waals surface area contributed by atoms with Crippen LogP contribution in [0.15, 0.2) is 24.3 Å². The molecule has 2 atom stereocenters. The predicted octanol–water partition coefficient (Wildman–Crippen LogP) is 2.62. The fraction of sp³-hybridized carbons (Fsp3) is 0.538. The molecular weight excluding hydrogens is 204 g/mol. The van der Waals surface area contributed by atoms with Crippen molar-refractivity contribution >= 4 is 0 Å². The molecule has 0 spiro atoms. The number of benzene rings is 1. The topological polar surface area (TPSA) is 38.7 Å². The van der Waals surface area contributed by atoms with Crippen LogP contribution in [0.25, 0.3) is 0 Å². The van der Waals surface area contributed by atoms with Gasteiger partial charge in [0.15, 0.2) is 11.5 Å². The van der Waals surface area contributed by atoms with Crippen molar-refractivity contribution in [2.45, 2.75) is 39.4 Å². The van der Waals surface area contributed by atoms with Crippen LogP contribution in [0.3, 0.4) is 0 Å². The Morgan fingerprint density at radius 3 is 2.38 bits per heavy atom. The highest BCUT2D eigenvalue weighted by atomic mass is 16.5. The third-order valence-electron chi connectivity index (χ3n) is 2.30. The zero-order valence-electron chi connectivity index (χ0n) is 10.1. The maximum atomic E-state index is 9.38. The lowest BCUT2D eigenvalue weighted by Gasteiger charge is -2.19. The molecule has 1 aromatic carbocycles. The van der Waals surface area contributed by atoms with Crippen molar-refractivity contribution in [3.8, 4) is 11.5 Å². The molecule has 1 aromatic rings. The van der Waals surface area contributed by atoms with Crippen LogP contribution in [0.4, 0.5) is 0 Å². The van der Waals surface area contributed by atoms with Gasteiger partial charge in [0, 0.05) is 0 Å². The quantitative estimate of drug-likeness (QED) is 0.807. The van der Waals surface area contributed by atoms with Crippen molar-refractivity contribution in [2.75, 3.05) is 6.61 Å². The second-order valence-corrected chi connectivity index (χ2v) is 3.86. The van der Waals surface area contributed by atoms with E-state index in [-0.39, 0.29) is 6.10 Å². The zero-order chi connectivity index (χ0) is 12.0. The van der Waals surface area contributed by atoms with Gasteiger partial charge in [0.1, 0.15) is 6.10 Å². The highest BCUT2D eigenvalue weighted by molar-refractivity contribution is 5.39. The Morgan fingerprint density at radius 1 is 1.19 bits per heavy atom. The van der Waals surface area contributed by atoms with Crippen LogP contribution in [0.2, 0.25) is 0 Å². The maximum Gasteiger partial charge on any atom is 0.161 e. The Hall–Kier alpha value is -1.22. The summed E-state index contributed by atoms with van der Waals surface area (Å²) in [7, 11) is 0. The van der Waals surface area contributed by atoms with E-state index in [1.807, 2.05) is 31.2 Å². The molecule has 90 valence electrons. The molecule has 3 nitrogen and oxygen atoms in total. The second kappa shape index (κ2) is 6.38. The minimum absolute atomic E-state index is 0.244. The Labute approximate surface area is 97.0 Å². The van der Waals surface area contributed by atoms with Crippen molar-refractivity contribution in [2.24, 2.45) is 0 Å². The van der Waals surface area contributed by atoms with Gasteiger partial charge < -0.3 is 14.6 Å². The summed E-state index contributed by atoms with van der Waals surface area (Å²) in [5, 5.41) is 9.38. The summed E-state index contributed by atoms with van der Waals surface area (Å²) in [6, 6.07) is 7.53. The molecule has 0 aliphatic carbocycles. The number of aliphatic hydroxyl groups is 1. The van der Waals surface area contributed by atoms with Crippen LogP contribution in [-0.2, 0) is 0 Å². The SMILES string of the molecule is CCCOc1ccccc1OC(C)[C@@H](C)O. The van der Waals surface area contributed by atoms with Crippen LogP contribution >= 0.6 is 0 Å². The van der Waals surface area contributed by atoms with Crippen LogP contribution < -0.4 is 9.47 Å². The van der Waals surface area contributed by atoms with Gasteiger partial charge >= 0.3 is 0 Å². The molecule has 0 aliphatic rings. The number of hydrogen-bond donors (Lipinski definition) is 1. The van der Waals surface area contributed by atoms with Crippen LogP contribution in [0, 0.1) is 0 Å². The van der Waals surface area contributed by atoms with E-state index >= 15 is 0 Å². The number of para-hydroxylation sites is 2. The van der Waals surface area contributed by atoms with E-state index in [1.54, 1.807) is 6.92 Å². The monoisotopic (exact) mass is 224 g/mol. The highest BCUT2D eigenvalue weighted by Gasteiger charge is 2.13. The smallest absolute Gasteiger partial charge is 0.161 e. The number of hydrogen-bond acceptors (Lipinski definition) is 3. The Morgan fingerprint density at radius 2 is 1.81 bits per heavy atom. The van der Waals surface area contributed by atoms with Crippen LogP contribution in [-0.4, -0.2) is 23.9 Å². The third-order valence-corrected chi connectivity index (χ3v) is 2.30. The van der Waals surface area contributed by atoms with Gasteiger partial charge in [0.05, 0.1) is 12.7 Å². The van der Waals surface area contributed by atoms with Crippen molar-refractivity contribution in [3.05, 3.63) is 24.3 Å². The largest absolute Gasteiger partial charge is 0.490 e. The lowest BCUT2D eigenvalue weighted by molar-refractivity contribution is 0.0581. The molecule has 3 heteroatoms. The molecule has 16 heavy (non-hydrogen) atoms. The van der Waals surface area contributed by atoms with E-state index in [0.717, 1.165) is 12.2 Å². The summed E-state index contributed by atoms with van der Waals surface area (Å²) in [6.45, 7) is 6.27. The molecule has 0 aromatic heterocycles. The van der Waals surface area contributed by atoms with Gasteiger partial charge in [-0.25, -0.2) is 0 Å². The van der Waals surface area contributed by atoms with Crippen molar-refractivity contribution < 1.29 is 14.6 Å². The Bertz CT molecular complexity index is 310. The number of aliphatic hydroxyl groups excluding tert-OH is 1. The van der Waals surface area contributed by atoms with E-state index in [2.05, 4.69) is 6.92 Å². The molecule has 0 fully saturated rings. The molecule has 0 aliphatic heterocycles. The predicted molar refractivity (Wildman–Crippen MR) is 64.0 cm³/mol. The normalized spacial score (nSPS) is 14.2. The van der Waals surface area contributed by atoms with E-state index in [9.17, 15) is 5.11 Å². The maximum absolute atomic E-state index is 9.38. The highest BCUT2D eigenvalue weighted by Crippen LogP contribution is 2.27. The summed E-state index contributed by atoms with van der Waals surface area (Å²) in [5.74, 6) is 1.42. The molecule has 1 unspecified atom stereocenters. The van der Waals surface area contributed by atoms with Crippen LogP contribution in [0.5, 0.6) is 11.5 Å². The van der Waals surface area contributed by atoms with E-state index in [0.29, 0.717) is 12.4 Å². The third kappa shape index (κ3) is 3.74. The first-order chi connectivity index (χ1) is 7.65. The number of rotatable bonds is 6. The first-order valence-corrected chi connectivity index (χ1v) is 5.71. The first-order valence-electron chi connectivity index (χ1n) is 5.71. The summed E-state index contributed by atoms with van der Waals surface area (Å²) in [5.41, 5.74) is 0. The molecule has 1 N–H and O–H groups in total. The molecule has 0 heterocycles. The molecular formula is C13H20O3. The van der Waals surface area contributed by atoms with E-state index in [4.69, 9.17) is 9.47 Å².